The Morgan fingerprint density at radius 1 is 1.18 bits per heavy atom. The van der Waals surface area contributed by atoms with Crippen LogP contribution in [0.3, 0.4) is 0 Å². The summed E-state index contributed by atoms with van der Waals surface area (Å²) in [4.78, 5) is 12.0. The zero-order valence-electron chi connectivity index (χ0n) is 11.6. The molecule has 0 aromatic rings. The van der Waals surface area contributed by atoms with E-state index in [4.69, 9.17) is 0 Å². The van der Waals surface area contributed by atoms with Crippen molar-refractivity contribution in [3.05, 3.63) is 0 Å². The Morgan fingerprint density at radius 2 is 1.88 bits per heavy atom. The van der Waals surface area contributed by atoms with Crippen molar-refractivity contribution >= 4 is 21.8 Å². The molecule has 0 aromatic heterocycles. The molecule has 2 unspecified atom stereocenters. The highest BCUT2D eigenvalue weighted by molar-refractivity contribution is 9.09. The maximum atomic E-state index is 12.0. The van der Waals surface area contributed by atoms with Crippen LogP contribution in [0, 0.1) is 11.8 Å². The summed E-state index contributed by atoms with van der Waals surface area (Å²) in [7, 11) is 0. The molecular weight excluding hydrogens is 278 g/mol. The van der Waals surface area contributed by atoms with Gasteiger partial charge in [0, 0.05) is 17.8 Å². The first-order chi connectivity index (χ1) is 8.19. The molecule has 0 aliphatic heterocycles. The van der Waals surface area contributed by atoms with Gasteiger partial charge in [-0.2, -0.15) is 0 Å². The molecule has 2 nitrogen and oxygen atoms in total. The number of carbonyl (C=O) groups is 1. The standard InChI is InChI=1S/C14H28BrNO/c1-4-7-8-13(6-3)14(17)16-11-12(5-2)9-10-15/h12-13H,4-11H2,1-3H3,(H,16,17). The summed E-state index contributed by atoms with van der Waals surface area (Å²) in [5, 5.41) is 4.14. The quantitative estimate of drug-likeness (QED) is 0.604. The fraction of sp³-hybridized carbons (Fsp3) is 0.929. The third-order valence-electron chi connectivity index (χ3n) is 3.43. The van der Waals surface area contributed by atoms with E-state index in [0.717, 1.165) is 44.0 Å². The largest absolute Gasteiger partial charge is 0.356 e. The van der Waals surface area contributed by atoms with Gasteiger partial charge in [-0.3, -0.25) is 4.79 Å². The molecule has 17 heavy (non-hydrogen) atoms. The molecule has 1 N–H and O–H groups in total. The van der Waals surface area contributed by atoms with E-state index in [1.807, 2.05) is 0 Å². The van der Waals surface area contributed by atoms with Crippen molar-refractivity contribution in [3.8, 4) is 0 Å². The van der Waals surface area contributed by atoms with Gasteiger partial charge in [0.15, 0.2) is 0 Å². The first-order valence-corrected chi connectivity index (χ1v) is 8.15. The summed E-state index contributed by atoms with van der Waals surface area (Å²) in [5.74, 6) is 1.09. The number of halogens is 1. The Kier molecular flexibility index (Phi) is 11.0. The van der Waals surface area contributed by atoms with Crippen LogP contribution in [0.15, 0.2) is 0 Å². The molecule has 3 heteroatoms. The van der Waals surface area contributed by atoms with E-state index in [1.54, 1.807) is 0 Å². The highest BCUT2D eigenvalue weighted by Gasteiger charge is 2.16. The second kappa shape index (κ2) is 11.1. The molecule has 0 spiro atoms. The molecule has 0 saturated carbocycles. The first-order valence-electron chi connectivity index (χ1n) is 7.03. The third kappa shape index (κ3) is 7.80. The van der Waals surface area contributed by atoms with Gasteiger partial charge >= 0.3 is 0 Å². The van der Waals surface area contributed by atoms with Crippen LogP contribution >= 0.6 is 15.9 Å². The van der Waals surface area contributed by atoms with Crippen LogP contribution in [0.25, 0.3) is 0 Å². The minimum Gasteiger partial charge on any atom is -0.356 e. The fourth-order valence-corrected chi connectivity index (χ4v) is 2.61. The molecule has 102 valence electrons. The predicted molar refractivity (Wildman–Crippen MR) is 78.5 cm³/mol. The number of unbranched alkanes of at least 4 members (excludes halogenated alkanes) is 1. The van der Waals surface area contributed by atoms with Gasteiger partial charge < -0.3 is 5.32 Å². The molecule has 0 aliphatic rings. The number of amides is 1. The summed E-state index contributed by atoms with van der Waals surface area (Å²) in [6.07, 6.45) is 6.60. The van der Waals surface area contributed by atoms with Gasteiger partial charge in [0.05, 0.1) is 0 Å². The zero-order valence-corrected chi connectivity index (χ0v) is 13.2. The molecule has 2 atom stereocenters. The van der Waals surface area contributed by atoms with Crippen LogP contribution in [0.5, 0.6) is 0 Å². The van der Waals surface area contributed by atoms with E-state index in [0.29, 0.717) is 5.92 Å². The van der Waals surface area contributed by atoms with Gasteiger partial charge in [-0.15, -0.1) is 0 Å². The number of alkyl halides is 1. The van der Waals surface area contributed by atoms with Crippen LogP contribution in [0.4, 0.5) is 0 Å². The zero-order chi connectivity index (χ0) is 13.1. The van der Waals surface area contributed by atoms with Crippen molar-refractivity contribution in [1.29, 1.82) is 0 Å². The molecule has 0 heterocycles. The topological polar surface area (TPSA) is 29.1 Å². The minimum absolute atomic E-state index is 0.219. The van der Waals surface area contributed by atoms with Gasteiger partial charge in [-0.05, 0) is 25.2 Å². The molecule has 1 amide bonds. The van der Waals surface area contributed by atoms with Crippen LogP contribution in [0.2, 0.25) is 0 Å². The van der Waals surface area contributed by atoms with Gasteiger partial charge in [-0.25, -0.2) is 0 Å². The Balaban J connectivity index is 3.95. The van der Waals surface area contributed by atoms with Crippen molar-refractivity contribution in [2.24, 2.45) is 11.8 Å². The molecule has 0 radical (unpaired) electrons. The minimum atomic E-state index is 0.219. The molecular formula is C14H28BrNO. The van der Waals surface area contributed by atoms with E-state index in [2.05, 4.69) is 42.0 Å². The maximum absolute atomic E-state index is 12.0. The van der Waals surface area contributed by atoms with Gasteiger partial charge in [0.1, 0.15) is 0 Å². The lowest BCUT2D eigenvalue weighted by atomic mass is 9.97. The monoisotopic (exact) mass is 305 g/mol. The number of nitrogens with one attached hydrogen (secondary N) is 1. The van der Waals surface area contributed by atoms with Crippen molar-refractivity contribution in [2.45, 2.75) is 59.3 Å². The Hall–Kier alpha value is -0.0500. The lowest BCUT2D eigenvalue weighted by Crippen LogP contribution is -2.34. The number of carbonyl (C=O) groups excluding carboxylic acids is 1. The van der Waals surface area contributed by atoms with E-state index in [9.17, 15) is 4.79 Å². The summed E-state index contributed by atoms with van der Waals surface area (Å²) in [5.41, 5.74) is 0. The average molecular weight is 306 g/mol. The van der Waals surface area contributed by atoms with Crippen LogP contribution in [0.1, 0.15) is 59.3 Å². The van der Waals surface area contributed by atoms with Gasteiger partial charge in [0.2, 0.25) is 5.91 Å². The van der Waals surface area contributed by atoms with E-state index >= 15 is 0 Å². The average Bonchev–Trinajstić information content (AvgIpc) is 2.35. The Labute approximate surface area is 115 Å². The van der Waals surface area contributed by atoms with Crippen LogP contribution in [-0.4, -0.2) is 17.8 Å². The Morgan fingerprint density at radius 3 is 2.35 bits per heavy atom. The second-order valence-corrected chi connectivity index (χ2v) is 5.54. The lowest BCUT2D eigenvalue weighted by Gasteiger charge is -2.18. The summed E-state index contributed by atoms with van der Waals surface area (Å²) < 4.78 is 0. The summed E-state index contributed by atoms with van der Waals surface area (Å²) >= 11 is 3.46. The normalized spacial score (nSPS) is 14.4. The molecule has 0 bridgehead atoms. The fourth-order valence-electron chi connectivity index (χ4n) is 1.97. The Bertz CT molecular complexity index is 197. The van der Waals surface area contributed by atoms with Crippen molar-refractivity contribution in [1.82, 2.24) is 5.32 Å². The number of hydrogen-bond acceptors (Lipinski definition) is 1. The van der Waals surface area contributed by atoms with Crippen LogP contribution < -0.4 is 5.32 Å². The van der Waals surface area contributed by atoms with Gasteiger partial charge in [-0.1, -0.05) is 56.0 Å². The highest BCUT2D eigenvalue weighted by Crippen LogP contribution is 2.14. The van der Waals surface area contributed by atoms with E-state index < -0.39 is 0 Å². The van der Waals surface area contributed by atoms with Gasteiger partial charge in [0.25, 0.3) is 0 Å². The molecule has 0 saturated heterocycles. The smallest absolute Gasteiger partial charge is 0.223 e. The van der Waals surface area contributed by atoms with E-state index in [-0.39, 0.29) is 11.8 Å². The van der Waals surface area contributed by atoms with Crippen molar-refractivity contribution in [3.63, 3.8) is 0 Å². The maximum Gasteiger partial charge on any atom is 0.223 e. The molecule has 0 fully saturated rings. The second-order valence-electron chi connectivity index (χ2n) is 4.74. The third-order valence-corrected chi connectivity index (χ3v) is 3.89. The predicted octanol–water partition coefficient (Wildman–Crippen LogP) is 4.13. The molecule has 0 aromatic carbocycles. The molecule has 0 aliphatic carbocycles. The highest BCUT2D eigenvalue weighted by atomic mass is 79.9. The number of hydrogen-bond donors (Lipinski definition) is 1. The molecule has 0 rings (SSSR count). The summed E-state index contributed by atoms with van der Waals surface area (Å²) in [6.45, 7) is 7.31. The van der Waals surface area contributed by atoms with Crippen molar-refractivity contribution < 1.29 is 4.79 Å². The van der Waals surface area contributed by atoms with Crippen LogP contribution in [-0.2, 0) is 4.79 Å². The SMILES string of the molecule is CCCCC(CC)C(=O)NCC(CC)CCBr. The lowest BCUT2D eigenvalue weighted by molar-refractivity contribution is -0.125. The number of rotatable bonds is 10. The summed E-state index contributed by atoms with van der Waals surface area (Å²) in [6, 6.07) is 0. The van der Waals surface area contributed by atoms with Crippen molar-refractivity contribution in [2.75, 3.05) is 11.9 Å². The van der Waals surface area contributed by atoms with E-state index in [1.165, 1.54) is 6.42 Å². The first kappa shape index (κ1) is 16.9.